The number of nitro groups is 1. The van der Waals surface area contributed by atoms with Gasteiger partial charge >= 0.3 is 0 Å². The molecule has 1 aromatic heterocycles. The zero-order valence-corrected chi connectivity index (χ0v) is 16.1. The van der Waals surface area contributed by atoms with Crippen molar-refractivity contribution in [2.24, 2.45) is 0 Å². The van der Waals surface area contributed by atoms with Gasteiger partial charge in [-0.2, -0.15) is 0 Å². The summed E-state index contributed by atoms with van der Waals surface area (Å²) in [6.45, 7) is 6.02. The lowest BCUT2D eigenvalue weighted by Crippen LogP contribution is -1.93. The highest BCUT2D eigenvalue weighted by atomic mass is 79.9. The molecule has 0 fully saturated rings. The van der Waals surface area contributed by atoms with Crippen molar-refractivity contribution < 1.29 is 9.45 Å². The van der Waals surface area contributed by atoms with Gasteiger partial charge in [-0.05, 0) is 53.9 Å². The van der Waals surface area contributed by atoms with Gasteiger partial charge in [-0.25, -0.2) is 0 Å². The second kappa shape index (κ2) is 6.61. The van der Waals surface area contributed by atoms with E-state index in [0.29, 0.717) is 10.2 Å². The van der Waals surface area contributed by atoms with Gasteiger partial charge in [0.1, 0.15) is 11.3 Å². The number of aromatic nitrogens is 1. The Morgan fingerprint density at radius 1 is 1.16 bits per heavy atom. The average Bonchev–Trinajstić information content (AvgIpc) is 2.87. The van der Waals surface area contributed by atoms with Crippen molar-refractivity contribution in [1.29, 1.82) is 0 Å². The van der Waals surface area contributed by atoms with Crippen LogP contribution in [0.4, 0.5) is 5.69 Å². The van der Waals surface area contributed by atoms with Crippen molar-refractivity contribution in [3.8, 4) is 22.6 Å². The van der Waals surface area contributed by atoms with Gasteiger partial charge in [0, 0.05) is 11.6 Å². The Balaban J connectivity index is 2.25. The van der Waals surface area contributed by atoms with Crippen LogP contribution in [0.25, 0.3) is 22.6 Å². The van der Waals surface area contributed by atoms with E-state index in [2.05, 4.69) is 33.2 Å². The van der Waals surface area contributed by atoms with Gasteiger partial charge in [0.2, 0.25) is 0 Å². The third-order valence-corrected chi connectivity index (χ3v) is 5.02. The first-order chi connectivity index (χ1) is 11.8. The molecule has 0 spiro atoms. The molecular formula is C18H14BrClN2O3. The molecule has 0 atom stereocenters. The van der Waals surface area contributed by atoms with Gasteiger partial charge in [0.05, 0.1) is 14.4 Å². The van der Waals surface area contributed by atoms with Crippen LogP contribution in [0, 0.1) is 30.9 Å². The zero-order chi connectivity index (χ0) is 18.3. The summed E-state index contributed by atoms with van der Waals surface area (Å²) in [7, 11) is 0. The molecule has 0 radical (unpaired) electrons. The molecule has 128 valence electrons. The van der Waals surface area contributed by atoms with E-state index in [9.17, 15) is 10.1 Å². The van der Waals surface area contributed by atoms with E-state index in [1.165, 1.54) is 12.1 Å². The Hall–Kier alpha value is -2.18. The van der Waals surface area contributed by atoms with Gasteiger partial charge in [-0.1, -0.05) is 40.5 Å². The standard InChI is InChI=1S/C18H14BrClN2O3/c1-9-7-10(2)14(11(3)8-9)17-16(19)18(25-21-17)15-12(20)5-4-6-13(15)22(23)24/h4-8H,1-3H3. The molecule has 0 saturated carbocycles. The smallest absolute Gasteiger partial charge is 0.282 e. The first-order valence-corrected chi connectivity index (χ1v) is 8.65. The lowest BCUT2D eigenvalue weighted by atomic mass is 9.97. The summed E-state index contributed by atoms with van der Waals surface area (Å²) >= 11 is 9.70. The van der Waals surface area contributed by atoms with E-state index in [0.717, 1.165) is 22.3 Å². The fourth-order valence-electron chi connectivity index (χ4n) is 3.03. The fraction of sp³-hybridized carbons (Fsp3) is 0.167. The van der Waals surface area contributed by atoms with Crippen LogP contribution in [0.15, 0.2) is 39.3 Å². The molecule has 0 bridgehead atoms. The van der Waals surface area contributed by atoms with Crippen molar-refractivity contribution in [2.75, 3.05) is 0 Å². The maximum Gasteiger partial charge on any atom is 0.282 e. The quantitative estimate of drug-likeness (QED) is 0.370. The summed E-state index contributed by atoms with van der Waals surface area (Å²) in [4.78, 5) is 10.9. The molecule has 0 amide bonds. The molecule has 7 heteroatoms. The Kier molecular flexibility index (Phi) is 4.67. The lowest BCUT2D eigenvalue weighted by molar-refractivity contribution is -0.384. The van der Waals surface area contributed by atoms with Crippen molar-refractivity contribution in [3.63, 3.8) is 0 Å². The summed E-state index contributed by atoms with van der Waals surface area (Å²) in [6.07, 6.45) is 0. The normalized spacial score (nSPS) is 10.9. The van der Waals surface area contributed by atoms with Crippen LogP contribution in [0.2, 0.25) is 5.02 Å². The van der Waals surface area contributed by atoms with Crippen LogP contribution in [-0.4, -0.2) is 10.1 Å². The zero-order valence-electron chi connectivity index (χ0n) is 13.8. The third-order valence-electron chi connectivity index (χ3n) is 3.96. The maximum atomic E-state index is 11.4. The molecule has 0 N–H and O–H groups in total. The summed E-state index contributed by atoms with van der Waals surface area (Å²) in [5.41, 5.74) is 4.86. The molecule has 1 heterocycles. The summed E-state index contributed by atoms with van der Waals surface area (Å²) in [5.74, 6) is 0.242. The van der Waals surface area contributed by atoms with Crippen molar-refractivity contribution in [2.45, 2.75) is 20.8 Å². The largest absolute Gasteiger partial charge is 0.354 e. The number of rotatable bonds is 3. The van der Waals surface area contributed by atoms with Gasteiger partial charge in [0.15, 0.2) is 5.76 Å². The number of aryl methyl sites for hydroxylation is 3. The van der Waals surface area contributed by atoms with Crippen molar-refractivity contribution in [1.82, 2.24) is 5.16 Å². The highest BCUT2D eigenvalue weighted by Gasteiger charge is 2.27. The second-order valence-electron chi connectivity index (χ2n) is 5.84. The number of benzene rings is 2. The van der Waals surface area contributed by atoms with Crippen LogP contribution in [-0.2, 0) is 0 Å². The number of hydrogen-bond donors (Lipinski definition) is 0. The molecule has 5 nitrogen and oxygen atoms in total. The molecule has 2 aromatic carbocycles. The predicted octanol–water partition coefficient (Wildman–Crippen LogP) is 6.26. The van der Waals surface area contributed by atoms with E-state index >= 15 is 0 Å². The maximum absolute atomic E-state index is 11.4. The van der Waals surface area contributed by atoms with Crippen molar-refractivity contribution in [3.05, 3.63) is 66.6 Å². The summed E-state index contributed by atoms with van der Waals surface area (Å²) in [5, 5.41) is 15.7. The van der Waals surface area contributed by atoms with Gasteiger partial charge in [0.25, 0.3) is 5.69 Å². The van der Waals surface area contributed by atoms with E-state index in [1.54, 1.807) is 6.07 Å². The van der Waals surface area contributed by atoms with E-state index in [-0.39, 0.29) is 22.0 Å². The summed E-state index contributed by atoms with van der Waals surface area (Å²) in [6, 6.07) is 8.62. The minimum absolute atomic E-state index is 0.131. The highest BCUT2D eigenvalue weighted by molar-refractivity contribution is 9.10. The molecule has 0 unspecified atom stereocenters. The molecular weight excluding hydrogens is 408 g/mol. The molecule has 0 aliphatic heterocycles. The van der Waals surface area contributed by atoms with Crippen LogP contribution >= 0.6 is 27.5 Å². The average molecular weight is 422 g/mol. The van der Waals surface area contributed by atoms with Crippen LogP contribution in [0.1, 0.15) is 16.7 Å². The molecule has 3 aromatic rings. The number of nitrogens with zero attached hydrogens (tertiary/aromatic N) is 2. The molecule has 25 heavy (non-hydrogen) atoms. The van der Waals surface area contributed by atoms with Crippen LogP contribution in [0.3, 0.4) is 0 Å². The molecule has 0 aliphatic rings. The Bertz CT molecular complexity index is 975. The lowest BCUT2D eigenvalue weighted by Gasteiger charge is -2.09. The Morgan fingerprint density at radius 3 is 2.40 bits per heavy atom. The predicted molar refractivity (Wildman–Crippen MR) is 101 cm³/mol. The first-order valence-electron chi connectivity index (χ1n) is 7.48. The van der Waals surface area contributed by atoms with E-state index < -0.39 is 4.92 Å². The van der Waals surface area contributed by atoms with Gasteiger partial charge < -0.3 is 4.52 Å². The minimum Gasteiger partial charge on any atom is -0.354 e. The first kappa shape index (κ1) is 17.6. The van der Waals surface area contributed by atoms with E-state index in [4.69, 9.17) is 16.1 Å². The van der Waals surface area contributed by atoms with Gasteiger partial charge in [-0.3, -0.25) is 10.1 Å². The Labute approximate surface area is 157 Å². The number of nitro benzene ring substituents is 1. The summed E-state index contributed by atoms with van der Waals surface area (Å²) < 4.78 is 6.00. The van der Waals surface area contributed by atoms with Crippen LogP contribution < -0.4 is 0 Å². The topological polar surface area (TPSA) is 69.2 Å². The minimum atomic E-state index is -0.488. The number of halogens is 2. The Morgan fingerprint density at radius 2 is 1.80 bits per heavy atom. The molecule has 0 saturated heterocycles. The SMILES string of the molecule is Cc1cc(C)c(-c2noc(-c3c(Cl)cccc3[N+](=O)[O-])c2Br)c(C)c1. The van der Waals surface area contributed by atoms with Crippen LogP contribution in [0.5, 0.6) is 0 Å². The molecule has 0 aliphatic carbocycles. The highest BCUT2D eigenvalue weighted by Crippen LogP contribution is 2.44. The third kappa shape index (κ3) is 3.07. The fourth-order valence-corrected chi connectivity index (χ4v) is 3.83. The van der Waals surface area contributed by atoms with E-state index in [1.807, 2.05) is 20.8 Å². The van der Waals surface area contributed by atoms with Gasteiger partial charge in [-0.15, -0.1) is 0 Å². The van der Waals surface area contributed by atoms with Crippen molar-refractivity contribution >= 4 is 33.2 Å². The second-order valence-corrected chi connectivity index (χ2v) is 7.04. The number of hydrogen-bond acceptors (Lipinski definition) is 4. The molecule has 3 rings (SSSR count). The monoisotopic (exact) mass is 420 g/mol.